The average Bonchev–Trinajstić information content (AvgIpc) is 2.78. The number of anilines is 1. The van der Waals surface area contributed by atoms with Gasteiger partial charge in [-0.05, 0) is 60.0 Å². The highest BCUT2D eigenvalue weighted by Crippen LogP contribution is 2.16. The predicted molar refractivity (Wildman–Crippen MR) is 124 cm³/mol. The van der Waals surface area contributed by atoms with Crippen LogP contribution in [0, 0.1) is 0 Å². The number of ether oxygens (including phenoxy) is 1. The van der Waals surface area contributed by atoms with E-state index in [4.69, 9.17) is 16.3 Å². The van der Waals surface area contributed by atoms with Crippen molar-refractivity contribution < 1.29 is 19.1 Å². The van der Waals surface area contributed by atoms with Crippen molar-refractivity contribution in [3.63, 3.8) is 0 Å². The average molecular weight is 451 g/mol. The smallest absolute Gasteiger partial charge is 0.308 e. The topological polar surface area (TPSA) is 84.5 Å². The van der Waals surface area contributed by atoms with Crippen molar-refractivity contribution >= 4 is 35.1 Å². The van der Waals surface area contributed by atoms with Gasteiger partial charge in [0.25, 0.3) is 5.91 Å². The molecule has 0 saturated heterocycles. The highest BCUT2D eigenvalue weighted by molar-refractivity contribution is 6.30. The molecular formula is C25H23ClN2O4. The molecule has 164 valence electrons. The molecular weight excluding hydrogens is 428 g/mol. The highest BCUT2D eigenvalue weighted by Gasteiger charge is 2.09. The Hall–Kier alpha value is -3.64. The molecule has 3 aromatic carbocycles. The highest BCUT2D eigenvalue weighted by atomic mass is 35.5. The van der Waals surface area contributed by atoms with Crippen LogP contribution in [0.3, 0.4) is 0 Å². The van der Waals surface area contributed by atoms with Crippen LogP contribution in [0.4, 0.5) is 5.69 Å². The second-order valence-electron chi connectivity index (χ2n) is 7.18. The third-order valence-electron chi connectivity index (χ3n) is 4.61. The van der Waals surface area contributed by atoms with Gasteiger partial charge in [0.1, 0.15) is 5.75 Å². The van der Waals surface area contributed by atoms with E-state index in [9.17, 15) is 14.4 Å². The van der Waals surface area contributed by atoms with E-state index in [1.807, 2.05) is 36.4 Å². The first-order valence-electron chi connectivity index (χ1n) is 10.1. The summed E-state index contributed by atoms with van der Waals surface area (Å²) >= 11 is 5.87. The summed E-state index contributed by atoms with van der Waals surface area (Å²) in [5.41, 5.74) is 2.97. The Labute approximate surface area is 191 Å². The van der Waals surface area contributed by atoms with Crippen molar-refractivity contribution in [3.8, 4) is 5.75 Å². The fraction of sp³-hybridized carbons (Fsp3) is 0.160. The second-order valence-corrected chi connectivity index (χ2v) is 7.61. The molecule has 6 nitrogen and oxygen atoms in total. The van der Waals surface area contributed by atoms with E-state index in [1.165, 1.54) is 13.0 Å². The third-order valence-corrected chi connectivity index (χ3v) is 4.87. The molecule has 0 aromatic heterocycles. The van der Waals surface area contributed by atoms with Gasteiger partial charge in [0.15, 0.2) is 0 Å². The fourth-order valence-corrected chi connectivity index (χ4v) is 3.10. The van der Waals surface area contributed by atoms with Gasteiger partial charge in [-0.3, -0.25) is 14.4 Å². The van der Waals surface area contributed by atoms with Gasteiger partial charge in [0.05, 0.1) is 0 Å². The fourth-order valence-electron chi connectivity index (χ4n) is 2.97. The Morgan fingerprint density at radius 3 is 2.28 bits per heavy atom. The molecule has 32 heavy (non-hydrogen) atoms. The van der Waals surface area contributed by atoms with Crippen molar-refractivity contribution in [1.29, 1.82) is 0 Å². The van der Waals surface area contributed by atoms with E-state index < -0.39 is 5.97 Å². The summed E-state index contributed by atoms with van der Waals surface area (Å²) in [7, 11) is 0. The quantitative estimate of drug-likeness (QED) is 0.382. The van der Waals surface area contributed by atoms with E-state index >= 15 is 0 Å². The summed E-state index contributed by atoms with van der Waals surface area (Å²) < 4.78 is 5.01. The second kappa shape index (κ2) is 11.1. The van der Waals surface area contributed by atoms with E-state index in [-0.39, 0.29) is 11.8 Å². The number of hydrogen-bond donors (Lipinski definition) is 2. The van der Waals surface area contributed by atoms with Crippen LogP contribution in [0.25, 0.3) is 0 Å². The lowest BCUT2D eigenvalue weighted by molar-refractivity contribution is -0.131. The zero-order valence-corrected chi connectivity index (χ0v) is 18.3. The molecule has 2 N–H and O–H groups in total. The summed E-state index contributed by atoms with van der Waals surface area (Å²) in [6.45, 7) is 1.70. The van der Waals surface area contributed by atoms with Crippen molar-refractivity contribution in [3.05, 3.63) is 94.5 Å². The molecule has 0 atom stereocenters. The van der Waals surface area contributed by atoms with Crippen molar-refractivity contribution in [2.45, 2.75) is 26.3 Å². The number of benzene rings is 3. The first kappa shape index (κ1) is 23.0. The van der Waals surface area contributed by atoms with E-state index in [0.717, 1.165) is 11.1 Å². The van der Waals surface area contributed by atoms with Crippen molar-refractivity contribution in [1.82, 2.24) is 5.32 Å². The number of rotatable bonds is 8. The minimum absolute atomic E-state index is 0.0370. The number of aryl methyl sites for hydroxylation is 1. The van der Waals surface area contributed by atoms with Crippen molar-refractivity contribution in [2.24, 2.45) is 0 Å². The maximum absolute atomic E-state index is 12.4. The SMILES string of the molecule is CC(=O)Oc1cccc(C(=O)Nc2ccc(CNC(=O)CCc3ccc(Cl)cc3)cc2)c1. The Balaban J connectivity index is 1.47. The van der Waals surface area contributed by atoms with E-state index in [1.54, 1.807) is 30.3 Å². The molecule has 0 bridgehead atoms. The number of carbonyl (C=O) groups is 3. The molecule has 0 aliphatic heterocycles. The largest absolute Gasteiger partial charge is 0.427 e. The molecule has 0 fully saturated rings. The van der Waals surface area contributed by atoms with Gasteiger partial charge in [0.2, 0.25) is 5.91 Å². The molecule has 3 aromatic rings. The summed E-state index contributed by atoms with van der Waals surface area (Å²) in [4.78, 5) is 35.6. The minimum Gasteiger partial charge on any atom is -0.427 e. The number of carbonyl (C=O) groups excluding carboxylic acids is 3. The summed E-state index contributed by atoms with van der Waals surface area (Å²) in [6, 6.07) is 21.0. The van der Waals surface area contributed by atoms with Gasteiger partial charge < -0.3 is 15.4 Å². The Bertz CT molecular complexity index is 1100. The van der Waals surface area contributed by atoms with Gasteiger partial charge in [-0.25, -0.2) is 0 Å². The Kier molecular flexibility index (Phi) is 8.00. The van der Waals surface area contributed by atoms with Crippen LogP contribution in [0.2, 0.25) is 5.02 Å². The van der Waals surface area contributed by atoms with E-state index in [0.29, 0.717) is 41.4 Å². The lowest BCUT2D eigenvalue weighted by Crippen LogP contribution is -2.23. The van der Waals surface area contributed by atoms with Gasteiger partial charge >= 0.3 is 5.97 Å². The number of nitrogens with one attached hydrogen (secondary N) is 2. The standard InChI is InChI=1S/C25H23ClN2O4/c1-17(29)32-23-4-2-3-20(15-23)25(31)28-22-12-7-19(8-13-22)16-27-24(30)14-9-18-5-10-21(26)11-6-18/h2-8,10-13,15H,9,14,16H2,1H3,(H,27,30)(H,28,31). The predicted octanol–water partition coefficient (Wildman–Crippen LogP) is 4.77. The number of halogens is 1. The third kappa shape index (κ3) is 7.25. The normalized spacial score (nSPS) is 10.3. The lowest BCUT2D eigenvalue weighted by Gasteiger charge is -2.09. The van der Waals surface area contributed by atoms with Crippen LogP contribution in [0.5, 0.6) is 5.75 Å². The summed E-state index contributed by atoms with van der Waals surface area (Å²) in [6.07, 6.45) is 1.04. The zero-order chi connectivity index (χ0) is 22.9. The molecule has 2 amide bonds. The van der Waals surface area contributed by atoms with Crippen LogP contribution >= 0.6 is 11.6 Å². The minimum atomic E-state index is -0.449. The number of esters is 1. The van der Waals surface area contributed by atoms with Crippen LogP contribution in [0.15, 0.2) is 72.8 Å². The lowest BCUT2D eigenvalue weighted by atomic mass is 10.1. The number of hydrogen-bond acceptors (Lipinski definition) is 4. The maximum Gasteiger partial charge on any atom is 0.308 e. The van der Waals surface area contributed by atoms with Gasteiger partial charge in [-0.1, -0.05) is 41.9 Å². The molecule has 3 rings (SSSR count). The molecule has 0 radical (unpaired) electrons. The van der Waals surface area contributed by atoms with Gasteiger partial charge in [-0.2, -0.15) is 0 Å². The Morgan fingerprint density at radius 1 is 0.906 bits per heavy atom. The summed E-state index contributed by atoms with van der Waals surface area (Å²) in [5.74, 6) is -0.491. The summed E-state index contributed by atoms with van der Waals surface area (Å²) in [5, 5.41) is 6.37. The first-order valence-corrected chi connectivity index (χ1v) is 10.5. The van der Waals surface area contributed by atoms with Crippen LogP contribution < -0.4 is 15.4 Å². The molecule has 0 unspecified atom stereocenters. The monoisotopic (exact) mass is 450 g/mol. The molecule has 0 aliphatic carbocycles. The van der Waals surface area contributed by atoms with Crippen LogP contribution in [-0.4, -0.2) is 17.8 Å². The molecule has 7 heteroatoms. The number of amides is 2. The van der Waals surface area contributed by atoms with E-state index in [2.05, 4.69) is 10.6 Å². The Morgan fingerprint density at radius 2 is 1.59 bits per heavy atom. The van der Waals surface area contributed by atoms with Gasteiger partial charge in [0, 0.05) is 36.2 Å². The molecule has 0 saturated carbocycles. The van der Waals surface area contributed by atoms with Crippen LogP contribution in [0.1, 0.15) is 34.8 Å². The molecule has 0 heterocycles. The molecule has 0 aliphatic rings. The first-order chi connectivity index (χ1) is 15.4. The van der Waals surface area contributed by atoms with Gasteiger partial charge in [-0.15, -0.1) is 0 Å². The maximum atomic E-state index is 12.4. The van der Waals surface area contributed by atoms with Crippen LogP contribution in [-0.2, 0) is 22.6 Å². The molecule has 0 spiro atoms. The van der Waals surface area contributed by atoms with Crippen molar-refractivity contribution in [2.75, 3.05) is 5.32 Å². The zero-order valence-electron chi connectivity index (χ0n) is 17.6.